The fraction of sp³-hybridized carbons (Fsp3) is 0.317. The molecule has 1 fully saturated rings. The molecule has 418 valence electrons. The lowest BCUT2D eigenvalue weighted by Gasteiger charge is -2.35. The Labute approximate surface area is 474 Å². The number of piperazine rings is 1. The number of carbonyl (C=O) groups excluding carboxylic acids is 3. The molecule has 18 heteroatoms. The molecule has 0 unspecified atom stereocenters. The van der Waals surface area contributed by atoms with E-state index in [1.807, 2.05) is 70.2 Å². The molecule has 0 aliphatic carbocycles. The summed E-state index contributed by atoms with van der Waals surface area (Å²) in [7, 11) is 0. The minimum atomic E-state index is -4.64. The monoisotopic (exact) mass is 1120 g/mol. The highest BCUT2D eigenvalue weighted by Gasteiger charge is 2.34. The Morgan fingerprint density at radius 2 is 1.58 bits per heavy atom. The number of nitrogens with one attached hydrogen (secondary N) is 2. The van der Waals surface area contributed by atoms with Gasteiger partial charge in [0.2, 0.25) is 5.91 Å². The van der Waals surface area contributed by atoms with Gasteiger partial charge >= 0.3 is 6.18 Å². The first kappa shape index (κ1) is 57.5. The molecule has 3 amide bonds. The van der Waals surface area contributed by atoms with Crippen LogP contribution in [0.15, 0.2) is 139 Å². The number of fused-ring (bicyclic) bond motifs is 2. The van der Waals surface area contributed by atoms with Gasteiger partial charge in [0.25, 0.3) is 17.4 Å². The molecule has 14 nitrogen and oxygen atoms in total. The summed E-state index contributed by atoms with van der Waals surface area (Å²) < 4.78 is 46.1. The van der Waals surface area contributed by atoms with Crippen molar-refractivity contribution in [1.29, 1.82) is 0 Å². The van der Waals surface area contributed by atoms with Crippen molar-refractivity contribution in [3.63, 3.8) is 0 Å². The lowest BCUT2D eigenvalue weighted by Crippen LogP contribution is -2.46. The number of alkyl halides is 3. The Hall–Kier alpha value is -8.17. The molecular formula is C63H64ClF3N10O4. The molecule has 81 heavy (non-hydrogen) atoms. The van der Waals surface area contributed by atoms with E-state index in [2.05, 4.69) is 42.4 Å². The van der Waals surface area contributed by atoms with Gasteiger partial charge in [-0.1, -0.05) is 98.3 Å². The fourth-order valence-corrected chi connectivity index (χ4v) is 10.4. The average molecular weight is 1120 g/mol. The van der Waals surface area contributed by atoms with Crippen molar-refractivity contribution >= 4 is 51.6 Å². The first-order chi connectivity index (χ1) is 39.0. The molecule has 1 aliphatic rings. The van der Waals surface area contributed by atoms with Crippen molar-refractivity contribution in [2.75, 3.05) is 51.1 Å². The molecule has 1 atom stereocenters. The number of hydrogen-bond donors (Lipinski definition) is 2. The zero-order valence-corrected chi connectivity index (χ0v) is 46.5. The maximum Gasteiger partial charge on any atom is 0.416 e. The lowest BCUT2D eigenvalue weighted by molar-refractivity contribution is -0.137. The molecule has 5 aromatic carbocycles. The number of aryl methyl sites for hydroxylation is 2. The van der Waals surface area contributed by atoms with Crippen LogP contribution in [0.5, 0.6) is 0 Å². The summed E-state index contributed by atoms with van der Waals surface area (Å²) in [5, 5.41) is 10.8. The Balaban J connectivity index is 0.788. The summed E-state index contributed by atoms with van der Waals surface area (Å²) in [4.78, 5) is 71.4. The predicted molar refractivity (Wildman–Crippen MR) is 309 cm³/mol. The first-order valence-corrected chi connectivity index (χ1v) is 27.7. The SMILES string of the molecule is CCc1ccc(C(=O)Nc2cc(CN3CCN(CCCC(=O)NCCCN(C(=O)c4ccc(C)cc4)[C@@H](c4nc5cc(Cl)ccc5c(=O)n4Cc4ccccc4)C(C)C)CC3)cc(C(F)(F)F)c2)cc1C#Cc1cnc2ccnn2c1. The van der Waals surface area contributed by atoms with E-state index in [0.29, 0.717) is 108 Å². The standard InChI is InChI=1S/C63H64ClF3N10O4/c1-5-47-20-21-50(35-49(47)19-16-45-38-69-56-24-26-70-77(56)41-45)60(79)71-53-34-46(33-51(36-53)63(65,66)67)39-74-31-29-73(30-32-74)27-9-13-57(78)68-25-10-28-75(61(80)48-17-14-43(4)15-18-48)58(42(2)3)59-72-55-37-52(64)22-23-54(55)62(81)76(59)40-44-11-7-6-8-12-44/h6-8,11-12,14-15,17-18,20-24,26,33-38,41-42,58H,5,9-10,13,25,27-32,39-40H2,1-4H3,(H,68,78)(H,71,79)/t58-/m1/s1. The van der Waals surface area contributed by atoms with E-state index in [0.717, 1.165) is 28.8 Å². The van der Waals surface area contributed by atoms with Gasteiger partial charge in [-0.2, -0.15) is 18.3 Å². The summed E-state index contributed by atoms with van der Waals surface area (Å²) in [5.74, 6) is 5.58. The summed E-state index contributed by atoms with van der Waals surface area (Å²) in [6.07, 6.45) is 2.37. The number of benzene rings is 5. The topological polar surface area (TPSA) is 150 Å². The Morgan fingerprint density at radius 1 is 0.827 bits per heavy atom. The normalized spacial score (nSPS) is 13.5. The number of nitrogens with zero attached hydrogens (tertiary/aromatic N) is 8. The molecule has 3 aromatic heterocycles. The highest BCUT2D eigenvalue weighted by Crippen LogP contribution is 2.34. The van der Waals surface area contributed by atoms with Crippen molar-refractivity contribution in [3.05, 3.63) is 205 Å². The number of carbonyl (C=O) groups is 3. The second-order valence-corrected chi connectivity index (χ2v) is 21.2. The van der Waals surface area contributed by atoms with E-state index in [1.165, 1.54) is 0 Å². The van der Waals surface area contributed by atoms with Gasteiger partial charge in [0.15, 0.2) is 5.65 Å². The van der Waals surface area contributed by atoms with Crippen molar-refractivity contribution in [3.8, 4) is 11.8 Å². The summed E-state index contributed by atoms with van der Waals surface area (Å²) in [6, 6.07) is 32.0. The minimum absolute atomic E-state index is 0.0379. The zero-order valence-electron chi connectivity index (χ0n) is 45.8. The second kappa shape index (κ2) is 26.0. The van der Waals surface area contributed by atoms with Gasteiger partial charge in [-0.05, 0) is 116 Å². The molecular weight excluding hydrogens is 1050 g/mol. The van der Waals surface area contributed by atoms with Gasteiger partial charge < -0.3 is 20.4 Å². The maximum absolute atomic E-state index is 14.6. The Morgan fingerprint density at radius 3 is 2.32 bits per heavy atom. The number of rotatable bonds is 19. The lowest BCUT2D eigenvalue weighted by atomic mass is 9.98. The van der Waals surface area contributed by atoms with E-state index in [1.54, 1.807) is 93.2 Å². The molecule has 8 aromatic rings. The van der Waals surface area contributed by atoms with Gasteiger partial charge in [0.1, 0.15) is 5.82 Å². The molecule has 4 heterocycles. The largest absolute Gasteiger partial charge is 0.416 e. The number of hydrogen-bond acceptors (Lipinski definition) is 9. The smallest absolute Gasteiger partial charge is 0.356 e. The number of halogens is 4. The van der Waals surface area contributed by atoms with Gasteiger partial charge in [-0.15, -0.1) is 0 Å². The first-order valence-electron chi connectivity index (χ1n) is 27.3. The fourth-order valence-electron chi connectivity index (χ4n) is 10.2. The van der Waals surface area contributed by atoms with Crippen LogP contribution in [-0.2, 0) is 30.5 Å². The van der Waals surface area contributed by atoms with Crippen LogP contribution in [0, 0.1) is 24.7 Å². The molecule has 1 saturated heterocycles. The molecule has 9 rings (SSSR count). The summed E-state index contributed by atoms with van der Waals surface area (Å²) in [5.41, 5.74) is 5.30. The van der Waals surface area contributed by atoms with Crippen LogP contribution in [0.25, 0.3) is 16.6 Å². The van der Waals surface area contributed by atoms with Crippen LogP contribution < -0.4 is 16.2 Å². The molecule has 0 bridgehead atoms. The van der Waals surface area contributed by atoms with E-state index >= 15 is 0 Å². The third-order valence-electron chi connectivity index (χ3n) is 14.5. The van der Waals surface area contributed by atoms with E-state index in [4.69, 9.17) is 16.6 Å². The third-order valence-corrected chi connectivity index (χ3v) is 14.7. The molecule has 2 N–H and O–H groups in total. The van der Waals surface area contributed by atoms with Crippen LogP contribution in [-0.4, -0.2) is 102 Å². The quantitative estimate of drug-likeness (QED) is 0.0596. The number of aromatic nitrogens is 5. The van der Waals surface area contributed by atoms with Crippen LogP contribution in [0.3, 0.4) is 0 Å². The molecule has 0 radical (unpaired) electrons. The van der Waals surface area contributed by atoms with Gasteiger partial charge in [0, 0.05) is 98.1 Å². The average Bonchev–Trinajstić information content (AvgIpc) is 3.98. The summed E-state index contributed by atoms with van der Waals surface area (Å²) >= 11 is 6.43. The number of amides is 3. The highest BCUT2D eigenvalue weighted by atomic mass is 35.5. The predicted octanol–water partition coefficient (Wildman–Crippen LogP) is 10.6. The van der Waals surface area contributed by atoms with Crippen LogP contribution in [0.2, 0.25) is 5.02 Å². The van der Waals surface area contributed by atoms with Gasteiger partial charge in [-0.3, -0.25) is 28.6 Å². The zero-order chi connectivity index (χ0) is 57.2. The molecule has 0 saturated carbocycles. The minimum Gasteiger partial charge on any atom is -0.356 e. The maximum atomic E-state index is 14.6. The van der Waals surface area contributed by atoms with E-state index in [9.17, 15) is 32.3 Å². The van der Waals surface area contributed by atoms with E-state index < -0.39 is 23.7 Å². The van der Waals surface area contributed by atoms with E-state index in [-0.39, 0.29) is 60.6 Å². The Kier molecular flexibility index (Phi) is 18.4. The van der Waals surface area contributed by atoms with Crippen molar-refractivity contribution in [2.45, 2.75) is 78.7 Å². The second-order valence-electron chi connectivity index (χ2n) is 20.8. The summed E-state index contributed by atoms with van der Waals surface area (Å²) in [6.45, 7) is 12.2. The molecule has 0 spiro atoms. The van der Waals surface area contributed by atoms with Gasteiger partial charge in [-0.25, -0.2) is 14.5 Å². The van der Waals surface area contributed by atoms with Crippen molar-refractivity contribution in [1.82, 2.24) is 44.2 Å². The van der Waals surface area contributed by atoms with Crippen LogP contribution in [0.1, 0.15) is 112 Å². The van der Waals surface area contributed by atoms with Crippen LogP contribution >= 0.6 is 11.6 Å². The van der Waals surface area contributed by atoms with Crippen LogP contribution in [0.4, 0.5) is 18.9 Å². The highest BCUT2D eigenvalue weighted by molar-refractivity contribution is 6.31. The Bertz CT molecular complexity index is 3680. The third kappa shape index (κ3) is 14.6. The van der Waals surface area contributed by atoms with Gasteiger partial charge in [0.05, 0.1) is 40.8 Å². The van der Waals surface area contributed by atoms with Crippen molar-refractivity contribution < 1.29 is 27.6 Å². The molecule has 1 aliphatic heterocycles. The number of anilines is 1. The van der Waals surface area contributed by atoms with Crippen molar-refractivity contribution in [2.24, 2.45) is 5.92 Å².